The summed E-state index contributed by atoms with van der Waals surface area (Å²) >= 11 is 0. The van der Waals surface area contributed by atoms with E-state index in [-0.39, 0.29) is 0 Å². The van der Waals surface area contributed by atoms with Gasteiger partial charge in [0.05, 0.1) is 6.61 Å². The average molecular weight is 234 g/mol. The molecule has 3 heteroatoms. The maximum absolute atomic E-state index is 5.84. The highest BCUT2D eigenvalue weighted by Crippen LogP contribution is 2.30. The maximum atomic E-state index is 5.84. The summed E-state index contributed by atoms with van der Waals surface area (Å²) in [6.45, 7) is 7.14. The van der Waals surface area contributed by atoms with Crippen LogP contribution in [0.4, 0.5) is 0 Å². The van der Waals surface area contributed by atoms with E-state index in [1.807, 2.05) is 12.3 Å². The van der Waals surface area contributed by atoms with Gasteiger partial charge in [-0.05, 0) is 37.3 Å². The Hall–Kier alpha value is -1.09. The maximum Gasteiger partial charge on any atom is 0.126 e. The number of nitrogens with zero attached hydrogens (tertiary/aromatic N) is 1. The van der Waals surface area contributed by atoms with E-state index in [0.29, 0.717) is 5.92 Å². The highest BCUT2D eigenvalue weighted by Gasteiger charge is 2.22. The molecule has 1 aliphatic rings. The van der Waals surface area contributed by atoms with Crippen LogP contribution in [0.5, 0.6) is 5.75 Å². The monoisotopic (exact) mass is 234 g/mol. The summed E-state index contributed by atoms with van der Waals surface area (Å²) in [5, 5.41) is 3.42. The number of pyridine rings is 1. The molecule has 1 fully saturated rings. The van der Waals surface area contributed by atoms with E-state index in [9.17, 15) is 0 Å². The molecule has 0 atom stereocenters. The van der Waals surface area contributed by atoms with Gasteiger partial charge in [0.25, 0.3) is 0 Å². The summed E-state index contributed by atoms with van der Waals surface area (Å²) in [4.78, 5) is 4.17. The number of rotatable bonds is 7. The molecular formula is C14H22N2O. The molecule has 0 radical (unpaired) electrons. The molecule has 94 valence electrons. The lowest BCUT2D eigenvalue weighted by atomic mass is 10.2. The van der Waals surface area contributed by atoms with Crippen molar-refractivity contribution in [3.63, 3.8) is 0 Å². The van der Waals surface area contributed by atoms with Crippen LogP contribution in [0.3, 0.4) is 0 Å². The summed E-state index contributed by atoms with van der Waals surface area (Å²) < 4.78 is 5.84. The molecule has 0 aliphatic heterocycles. The van der Waals surface area contributed by atoms with E-state index in [0.717, 1.165) is 36.9 Å². The van der Waals surface area contributed by atoms with Crippen molar-refractivity contribution in [2.24, 2.45) is 11.8 Å². The second-order valence-electron chi connectivity index (χ2n) is 5.26. The molecule has 1 aromatic heterocycles. The van der Waals surface area contributed by atoms with Crippen LogP contribution in [-0.4, -0.2) is 18.1 Å². The summed E-state index contributed by atoms with van der Waals surface area (Å²) in [6, 6.07) is 1.97. The normalized spacial score (nSPS) is 15.2. The Morgan fingerprint density at radius 3 is 3.00 bits per heavy atom. The van der Waals surface area contributed by atoms with Gasteiger partial charge in [0.2, 0.25) is 0 Å². The molecule has 0 bridgehead atoms. The Bertz CT molecular complexity index is 348. The van der Waals surface area contributed by atoms with Crippen molar-refractivity contribution in [1.29, 1.82) is 0 Å². The van der Waals surface area contributed by atoms with Crippen LogP contribution in [-0.2, 0) is 6.54 Å². The number of hydrogen-bond acceptors (Lipinski definition) is 3. The zero-order chi connectivity index (χ0) is 12.1. The minimum absolute atomic E-state index is 0.669. The van der Waals surface area contributed by atoms with Gasteiger partial charge in [0.15, 0.2) is 0 Å². The van der Waals surface area contributed by atoms with E-state index < -0.39 is 0 Å². The summed E-state index contributed by atoms with van der Waals surface area (Å²) in [6.07, 6.45) is 6.35. The predicted molar refractivity (Wildman–Crippen MR) is 69.0 cm³/mol. The zero-order valence-electron chi connectivity index (χ0n) is 10.8. The van der Waals surface area contributed by atoms with Gasteiger partial charge in [-0.2, -0.15) is 0 Å². The molecule has 1 aliphatic carbocycles. The molecule has 0 amide bonds. The summed E-state index contributed by atoms with van der Waals surface area (Å²) in [7, 11) is 0. The fraction of sp³-hybridized carbons (Fsp3) is 0.643. The van der Waals surface area contributed by atoms with Crippen LogP contribution in [0.25, 0.3) is 0 Å². The molecule has 1 aromatic rings. The Morgan fingerprint density at radius 1 is 1.47 bits per heavy atom. The summed E-state index contributed by atoms with van der Waals surface area (Å²) in [5.74, 6) is 2.45. The molecule has 1 N–H and O–H groups in total. The molecule has 2 rings (SSSR count). The smallest absolute Gasteiger partial charge is 0.126 e. The molecule has 0 aromatic carbocycles. The van der Waals surface area contributed by atoms with Gasteiger partial charge in [-0.15, -0.1) is 0 Å². The van der Waals surface area contributed by atoms with Crippen LogP contribution in [0.15, 0.2) is 18.5 Å². The lowest BCUT2D eigenvalue weighted by molar-refractivity contribution is 0.295. The zero-order valence-corrected chi connectivity index (χ0v) is 10.8. The third-order valence-corrected chi connectivity index (χ3v) is 2.90. The Labute approximate surface area is 104 Å². The summed E-state index contributed by atoms with van der Waals surface area (Å²) in [5.41, 5.74) is 1.16. The van der Waals surface area contributed by atoms with Gasteiger partial charge in [-0.1, -0.05) is 13.8 Å². The first-order valence-corrected chi connectivity index (χ1v) is 6.52. The first kappa shape index (κ1) is 12.4. The molecule has 3 nitrogen and oxygen atoms in total. The van der Waals surface area contributed by atoms with Crippen molar-refractivity contribution in [3.8, 4) is 5.75 Å². The molecular weight excluding hydrogens is 212 g/mol. The van der Waals surface area contributed by atoms with E-state index in [4.69, 9.17) is 4.74 Å². The predicted octanol–water partition coefficient (Wildman–Crippen LogP) is 2.62. The Balaban J connectivity index is 1.85. The minimum atomic E-state index is 0.669. The van der Waals surface area contributed by atoms with Gasteiger partial charge < -0.3 is 10.1 Å². The standard InChI is InChI=1S/C14H22N2O/c1-11(2)7-16-9-13-8-15-6-5-14(13)17-10-12-3-4-12/h5-6,8,11-12,16H,3-4,7,9-10H2,1-2H3. The average Bonchev–Trinajstić information content (AvgIpc) is 3.11. The van der Waals surface area contributed by atoms with E-state index in [2.05, 4.69) is 24.1 Å². The van der Waals surface area contributed by atoms with Gasteiger partial charge in [0, 0.05) is 24.5 Å². The third kappa shape index (κ3) is 4.35. The Morgan fingerprint density at radius 2 is 2.29 bits per heavy atom. The number of aromatic nitrogens is 1. The molecule has 0 unspecified atom stereocenters. The number of ether oxygens (including phenoxy) is 1. The van der Waals surface area contributed by atoms with Gasteiger partial charge in [0.1, 0.15) is 5.75 Å². The first-order chi connectivity index (χ1) is 8.25. The largest absolute Gasteiger partial charge is 0.493 e. The van der Waals surface area contributed by atoms with Crippen molar-refractivity contribution < 1.29 is 4.74 Å². The lowest BCUT2D eigenvalue weighted by Gasteiger charge is -2.12. The molecule has 1 saturated carbocycles. The van der Waals surface area contributed by atoms with Gasteiger partial charge in [-0.25, -0.2) is 0 Å². The minimum Gasteiger partial charge on any atom is -0.493 e. The quantitative estimate of drug-likeness (QED) is 0.787. The first-order valence-electron chi connectivity index (χ1n) is 6.52. The topological polar surface area (TPSA) is 34.2 Å². The van der Waals surface area contributed by atoms with Crippen molar-refractivity contribution in [2.75, 3.05) is 13.2 Å². The van der Waals surface area contributed by atoms with Crippen molar-refractivity contribution in [3.05, 3.63) is 24.0 Å². The van der Waals surface area contributed by atoms with Crippen LogP contribution in [0, 0.1) is 11.8 Å². The number of hydrogen-bond donors (Lipinski definition) is 1. The van der Waals surface area contributed by atoms with Crippen molar-refractivity contribution in [1.82, 2.24) is 10.3 Å². The highest BCUT2D eigenvalue weighted by atomic mass is 16.5. The number of nitrogens with one attached hydrogen (secondary N) is 1. The lowest BCUT2D eigenvalue weighted by Crippen LogP contribution is -2.19. The van der Waals surface area contributed by atoms with E-state index in [1.54, 1.807) is 6.20 Å². The molecule has 1 heterocycles. The third-order valence-electron chi connectivity index (χ3n) is 2.90. The highest BCUT2D eigenvalue weighted by molar-refractivity contribution is 5.30. The van der Waals surface area contributed by atoms with Gasteiger partial charge in [-0.3, -0.25) is 4.98 Å². The SMILES string of the molecule is CC(C)CNCc1cnccc1OCC1CC1. The van der Waals surface area contributed by atoms with Gasteiger partial charge >= 0.3 is 0 Å². The van der Waals surface area contributed by atoms with Crippen LogP contribution < -0.4 is 10.1 Å². The molecule has 0 saturated heterocycles. The van der Waals surface area contributed by atoms with Crippen molar-refractivity contribution >= 4 is 0 Å². The van der Waals surface area contributed by atoms with Crippen LogP contribution in [0.2, 0.25) is 0 Å². The van der Waals surface area contributed by atoms with Crippen molar-refractivity contribution in [2.45, 2.75) is 33.2 Å². The second kappa shape index (κ2) is 6.01. The molecule has 17 heavy (non-hydrogen) atoms. The van der Waals surface area contributed by atoms with Crippen LogP contribution in [0.1, 0.15) is 32.3 Å². The van der Waals surface area contributed by atoms with E-state index >= 15 is 0 Å². The van der Waals surface area contributed by atoms with Crippen LogP contribution >= 0.6 is 0 Å². The Kier molecular flexibility index (Phi) is 4.37. The second-order valence-corrected chi connectivity index (χ2v) is 5.26. The fourth-order valence-corrected chi connectivity index (χ4v) is 1.68. The fourth-order valence-electron chi connectivity index (χ4n) is 1.68. The molecule has 0 spiro atoms. The van der Waals surface area contributed by atoms with E-state index in [1.165, 1.54) is 12.8 Å².